The molecule has 8 rings (SSSR count). The summed E-state index contributed by atoms with van der Waals surface area (Å²) in [5.41, 5.74) is -0.711. The Morgan fingerprint density at radius 1 is 0.982 bits per heavy atom. The Labute approximate surface area is 327 Å². The predicted octanol–water partition coefficient (Wildman–Crippen LogP) is 5.01. The molecule has 4 amide bonds. The van der Waals surface area contributed by atoms with Crippen LogP contribution in [-0.2, 0) is 27.1 Å². The van der Waals surface area contributed by atoms with Crippen LogP contribution < -0.4 is 15.5 Å². The van der Waals surface area contributed by atoms with Crippen molar-refractivity contribution in [3.8, 4) is 6.07 Å². The Bertz CT molecular complexity index is 2250. The second-order valence-corrected chi connectivity index (χ2v) is 16.1. The van der Waals surface area contributed by atoms with Crippen LogP contribution in [0.25, 0.3) is 0 Å². The van der Waals surface area contributed by atoms with Gasteiger partial charge in [-0.2, -0.15) is 5.26 Å². The second-order valence-electron chi connectivity index (χ2n) is 15.2. The van der Waals surface area contributed by atoms with Gasteiger partial charge in [-0.05, 0) is 99.4 Å². The summed E-state index contributed by atoms with van der Waals surface area (Å²) in [7, 11) is 0. The zero-order chi connectivity index (χ0) is 38.7. The topological polar surface area (TPSA) is 174 Å². The number of amides is 4. The Balaban J connectivity index is 1.04. The summed E-state index contributed by atoms with van der Waals surface area (Å²) in [6, 6.07) is 19.0. The third-order valence-corrected chi connectivity index (χ3v) is 11.8. The highest BCUT2D eigenvalue weighted by Crippen LogP contribution is 2.48. The molecule has 0 unspecified atom stereocenters. The summed E-state index contributed by atoms with van der Waals surface area (Å²) in [6.45, 7) is 2.94. The van der Waals surface area contributed by atoms with Crippen molar-refractivity contribution in [3.63, 3.8) is 0 Å². The lowest BCUT2D eigenvalue weighted by Crippen LogP contribution is -2.52. The van der Waals surface area contributed by atoms with Crippen molar-refractivity contribution in [3.05, 3.63) is 105 Å². The number of aliphatic hydroxyl groups is 1. The number of rotatable bonds is 10. The number of nitrogens with one attached hydrogen (secondary N) is 2. The molecular weight excluding hydrogens is 743 g/mol. The molecule has 1 atom stereocenters. The van der Waals surface area contributed by atoms with Crippen LogP contribution in [0.15, 0.2) is 66.9 Å². The van der Waals surface area contributed by atoms with E-state index in [0.717, 1.165) is 18.4 Å². The number of fused-ring (bicyclic) bond motifs is 1. The largest absolute Gasteiger partial charge is 0.396 e. The lowest BCUT2D eigenvalue weighted by Gasteiger charge is -2.31. The van der Waals surface area contributed by atoms with Crippen LogP contribution in [0.3, 0.4) is 0 Å². The summed E-state index contributed by atoms with van der Waals surface area (Å²) >= 11 is 12.7. The van der Waals surface area contributed by atoms with Gasteiger partial charge in [0.15, 0.2) is 0 Å². The summed E-state index contributed by atoms with van der Waals surface area (Å²) in [6.07, 6.45) is 5.10. The van der Waals surface area contributed by atoms with Gasteiger partial charge in [0.1, 0.15) is 22.5 Å². The van der Waals surface area contributed by atoms with Gasteiger partial charge < -0.3 is 20.6 Å². The predicted molar refractivity (Wildman–Crippen MR) is 203 cm³/mol. The molecule has 4 aromatic rings. The number of aliphatic hydroxyl groups excluding tert-OH is 1. The highest BCUT2D eigenvalue weighted by molar-refractivity contribution is 6.35. The number of aromatic nitrogens is 3. The number of hydrogen-bond acceptors (Lipinski definition) is 8. The van der Waals surface area contributed by atoms with Gasteiger partial charge >= 0.3 is 0 Å². The number of nitriles is 1. The molecule has 4 aliphatic rings. The van der Waals surface area contributed by atoms with Crippen LogP contribution in [0, 0.1) is 17.2 Å². The van der Waals surface area contributed by atoms with Crippen molar-refractivity contribution in [1.29, 1.82) is 5.26 Å². The zero-order valence-corrected chi connectivity index (χ0v) is 31.5. The maximum Gasteiger partial charge on any atom is 0.272 e. The molecule has 2 aliphatic heterocycles. The Kier molecular flexibility index (Phi) is 9.19. The quantitative estimate of drug-likeness (QED) is 0.202. The Morgan fingerprint density at radius 3 is 2.29 bits per heavy atom. The molecule has 0 radical (unpaired) electrons. The van der Waals surface area contributed by atoms with E-state index in [1.807, 2.05) is 0 Å². The van der Waals surface area contributed by atoms with Gasteiger partial charge in [-0.1, -0.05) is 41.4 Å². The number of imidazole rings is 1. The first kappa shape index (κ1) is 36.7. The van der Waals surface area contributed by atoms with Crippen LogP contribution in [-0.4, -0.2) is 73.4 Å². The molecule has 2 aromatic carbocycles. The van der Waals surface area contributed by atoms with E-state index in [1.165, 1.54) is 11.1 Å². The van der Waals surface area contributed by atoms with E-state index in [1.54, 1.807) is 77.1 Å². The number of pyridine rings is 1. The average Bonchev–Trinajstić information content (AvgIpc) is 4.09. The maximum atomic E-state index is 14.4. The standard InChI is InChI=1S/C40H38Cl2N8O5/c1-38(20-24-5-7-25(21-43)8-6-24)36(55)49(29-18-27(41)17-28(42)19-29)37-44-22-31(50(37)38)33(52)46-40(13-14-40)35(54)47-39(11-12-39)32-4-2-3-30(45-32)34(53)48-15-9-26(23-51)10-16-48/h2-8,17-19,22,26,51H,9-16,20,23H2,1H3,(H,46,52)(H,47,54)/t38-/m1/s1. The highest BCUT2D eigenvalue weighted by Gasteiger charge is 2.57. The molecule has 3 fully saturated rings. The minimum absolute atomic E-state index is 0.0891. The minimum Gasteiger partial charge on any atom is -0.396 e. The van der Waals surface area contributed by atoms with E-state index in [4.69, 9.17) is 28.2 Å². The Morgan fingerprint density at radius 2 is 1.67 bits per heavy atom. The van der Waals surface area contributed by atoms with Gasteiger partial charge in [0.2, 0.25) is 11.9 Å². The van der Waals surface area contributed by atoms with Gasteiger partial charge in [-0.3, -0.25) is 23.7 Å². The first-order chi connectivity index (χ1) is 26.4. The molecule has 4 heterocycles. The molecule has 15 heteroatoms. The van der Waals surface area contributed by atoms with Crippen molar-refractivity contribution in [1.82, 2.24) is 30.1 Å². The lowest BCUT2D eigenvalue weighted by atomic mass is 9.91. The van der Waals surface area contributed by atoms with Gasteiger partial charge in [0, 0.05) is 36.2 Å². The normalized spacial score (nSPS) is 20.7. The first-order valence-electron chi connectivity index (χ1n) is 18.3. The van der Waals surface area contributed by atoms with Crippen LogP contribution >= 0.6 is 23.2 Å². The van der Waals surface area contributed by atoms with Gasteiger partial charge in [0.25, 0.3) is 17.7 Å². The summed E-state index contributed by atoms with van der Waals surface area (Å²) in [4.78, 5) is 68.4. The number of piperidine rings is 1. The van der Waals surface area contributed by atoms with Crippen LogP contribution in [0.2, 0.25) is 10.0 Å². The monoisotopic (exact) mass is 780 g/mol. The molecule has 2 aromatic heterocycles. The van der Waals surface area contributed by atoms with Gasteiger partial charge in [0.05, 0.1) is 34.7 Å². The van der Waals surface area contributed by atoms with Crippen molar-refractivity contribution >= 4 is 58.5 Å². The van der Waals surface area contributed by atoms with Crippen molar-refractivity contribution in [2.24, 2.45) is 5.92 Å². The van der Waals surface area contributed by atoms with Crippen LogP contribution in [0.4, 0.5) is 11.6 Å². The molecular formula is C40H38Cl2N8O5. The SMILES string of the molecule is C[C@@]1(Cc2ccc(C#N)cc2)C(=O)N(c2cc(Cl)cc(Cl)c2)c2ncc(C(=O)NC3(C(=O)NC4(c5cccc(C(=O)N6CCC(CO)CC6)n5)CC4)CC3)n21. The second kappa shape index (κ2) is 13.8. The van der Waals surface area contributed by atoms with Crippen molar-refractivity contribution < 1.29 is 24.3 Å². The summed E-state index contributed by atoms with van der Waals surface area (Å²) in [5.74, 6) is -1.09. The zero-order valence-electron chi connectivity index (χ0n) is 30.0. The molecule has 0 bridgehead atoms. The fourth-order valence-electron chi connectivity index (χ4n) is 7.75. The van der Waals surface area contributed by atoms with E-state index in [9.17, 15) is 29.5 Å². The number of likely N-dealkylation sites (tertiary alicyclic amines) is 1. The third-order valence-electron chi connectivity index (χ3n) is 11.3. The van der Waals surface area contributed by atoms with E-state index in [0.29, 0.717) is 71.5 Å². The van der Waals surface area contributed by atoms with Gasteiger partial charge in [-0.25, -0.2) is 14.9 Å². The summed E-state index contributed by atoms with van der Waals surface area (Å²) < 4.78 is 1.59. The molecule has 3 N–H and O–H groups in total. The number of carbonyl (C=O) groups excluding carboxylic acids is 4. The fraction of sp³-hybridized carbons (Fsp3) is 0.375. The molecule has 282 valence electrons. The molecule has 2 saturated carbocycles. The van der Waals surface area contributed by atoms with Crippen LogP contribution in [0.5, 0.6) is 0 Å². The number of halogens is 2. The highest BCUT2D eigenvalue weighted by atomic mass is 35.5. The average molecular weight is 782 g/mol. The Hall–Kier alpha value is -5.29. The third kappa shape index (κ3) is 6.62. The summed E-state index contributed by atoms with van der Waals surface area (Å²) in [5, 5.41) is 25.6. The van der Waals surface area contributed by atoms with E-state index < -0.39 is 22.5 Å². The fourth-order valence-corrected chi connectivity index (χ4v) is 8.26. The maximum absolute atomic E-state index is 14.4. The smallest absolute Gasteiger partial charge is 0.272 e. The van der Waals surface area contributed by atoms with E-state index >= 15 is 0 Å². The van der Waals surface area contributed by atoms with Gasteiger partial charge in [-0.15, -0.1) is 0 Å². The van der Waals surface area contributed by atoms with E-state index in [2.05, 4.69) is 21.7 Å². The van der Waals surface area contributed by atoms with Crippen molar-refractivity contribution in [2.45, 2.75) is 68.5 Å². The van der Waals surface area contributed by atoms with Crippen molar-refractivity contribution in [2.75, 3.05) is 24.6 Å². The minimum atomic E-state index is -1.35. The van der Waals surface area contributed by atoms with E-state index in [-0.39, 0.29) is 48.3 Å². The lowest BCUT2D eigenvalue weighted by molar-refractivity contribution is -0.125. The molecule has 13 nitrogen and oxygen atoms in total. The molecule has 1 saturated heterocycles. The van der Waals surface area contributed by atoms with Crippen LogP contribution in [0.1, 0.15) is 83.2 Å². The molecule has 2 aliphatic carbocycles. The molecule has 0 spiro atoms. The first-order valence-corrected chi connectivity index (χ1v) is 19.0. The number of nitrogens with zero attached hydrogens (tertiary/aromatic N) is 6. The molecule has 55 heavy (non-hydrogen) atoms. The number of hydrogen-bond donors (Lipinski definition) is 3. The number of benzene rings is 2. The number of carbonyl (C=O) groups is 4. The number of anilines is 2.